The molecule has 0 aliphatic carbocycles. The number of nitrogens with zero attached hydrogens (tertiary/aromatic N) is 2. The van der Waals surface area contributed by atoms with Gasteiger partial charge in [-0.25, -0.2) is 9.18 Å². The highest BCUT2D eigenvalue weighted by atomic mass is 19.1. The predicted octanol–water partition coefficient (Wildman–Crippen LogP) is 2.17. The topological polar surface area (TPSA) is 59.1 Å². The first-order valence-electron chi connectivity index (χ1n) is 7.47. The molecule has 0 atom stereocenters. The van der Waals surface area contributed by atoms with Gasteiger partial charge in [-0.05, 0) is 32.9 Å². The molecule has 1 aromatic rings. The molecule has 0 unspecified atom stereocenters. The number of halogens is 1. The Labute approximate surface area is 133 Å². The van der Waals surface area contributed by atoms with Crippen molar-refractivity contribution in [2.45, 2.75) is 32.4 Å². The van der Waals surface area contributed by atoms with E-state index >= 15 is 0 Å². The number of benzene rings is 1. The van der Waals surface area contributed by atoms with Gasteiger partial charge >= 0.3 is 6.09 Å². The maximum atomic E-state index is 13.3. The highest BCUT2D eigenvalue weighted by Gasteiger charge is 2.41. The van der Waals surface area contributed by atoms with E-state index in [1.165, 1.54) is 18.2 Å². The second kappa shape index (κ2) is 5.40. The summed E-state index contributed by atoms with van der Waals surface area (Å²) in [7, 11) is 0. The minimum atomic E-state index is -0.554. The Hall–Kier alpha value is -2.31. The van der Waals surface area contributed by atoms with Gasteiger partial charge in [0.15, 0.2) is 6.61 Å². The second-order valence-corrected chi connectivity index (χ2v) is 6.70. The van der Waals surface area contributed by atoms with Gasteiger partial charge in [-0.15, -0.1) is 0 Å². The molecule has 3 rings (SSSR count). The van der Waals surface area contributed by atoms with Gasteiger partial charge in [0, 0.05) is 19.2 Å². The molecule has 23 heavy (non-hydrogen) atoms. The molecule has 0 saturated carbocycles. The van der Waals surface area contributed by atoms with Gasteiger partial charge in [0.05, 0.1) is 11.7 Å². The van der Waals surface area contributed by atoms with E-state index in [1.54, 1.807) is 30.6 Å². The van der Waals surface area contributed by atoms with Crippen molar-refractivity contribution < 1.29 is 23.5 Å². The molecule has 1 fully saturated rings. The maximum Gasteiger partial charge on any atom is 0.410 e. The summed E-state index contributed by atoms with van der Waals surface area (Å²) < 4.78 is 23.9. The molecular formula is C16H19FN2O4. The maximum absolute atomic E-state index is 13.3. The van der Waals surface area contributed by atoms with E-state index in [9.17, 15) is 14.0 Å². The standard InChI is InChI=1S/C16H19FN2O4/c1-16(2,3)23-15(21)18-7-11(8-18)19-12-5-4-10(17)6-13(12)22-9-14(19)20/h4-6,11H,7-9H2,1-3H3. The molecule has 0 radical (unpaired) electrons. The van der Waals surface area contributed by atoms with Gasteiger partial charge in [-0.2, -0.15) is 0 Å². The number of hydrogen-bond acceptors (Lipinski definition) is 4. The Kier molecular flexibility index (Phi) is 3.66. The van der Waals surface area contributed by atoms with E-state index in [0.717, 1.165) is 0 Å². The number of carbonyl (C=O) groups excluding carboxylic acids is 2. The molecule has 0 N–H and O–H groups in total. The van der Waals surface area contributed by atoms with Crippen LogP contribution in [0.5, 0.6) is 5.75 Å². The van der Waals surface area contributed by atoms with Crippen molar-refractivity contribution in [3.05, 3.63) is 24.0 Å². The minimum absolute atomic E-state index is 0.126. The Morgan fingerprint density at radius 1 is 1.35 bits per heavy atom. The smallest absolute Gasteiger partial charge is 0.410 e. The van der Waals surface area contributed by atoms with E-state index in [4.69, 9.17) is 9.47 Å². The summed E-state index contributed by atoms with van der Waals surface area (Å²) in [6.07, 6.45) is -0.395. The Morgan fingerprint density at radius 2 is 2.04 bits per heavy atom. The summed E-state index contributed by atoms with van der Waals surface area (Å²) in [5, 5.41) is 0. The first kappa shape index (κ1) is 15.6. The number of anilines is 1. The normalized spacial score (nSPS) is 18.2. The molecule has 0 aromatic heterocycles. The van der Waals surface area contributed by atoms with Gasteiger partial charge in [-0.1, -0.05) is 0 Å². The van der Waals surface area contributed by atoms with Crippen LogP contribution in [-0.2, 0) is 9.53 Å². The van der Waals surface area contributed by atoms with Crippen molar-refractivity contribution in [2.24, 2.45) is 0 Å². The number of fused-ring (bicyclic) bond motifs is 1. The zero-order valence-electron chi connectivity index (χ0n) is 13.3. The molecular weight excluding hydrogens is 303 g/mol. The van der Waals surface area contributed by atoms with Crippen LogP contribution < -0.4 is 9.64 Å². The molecule has 6 nitrogen and oxygen atoms in total. The molecule has 1 aromatic carbocycles. The van der Waals surface area contributed by atoms with Gasteiger partial charge in [0.25, 0.3) is 5.91 Å². The first-order chi connectivity index (χ1) is 10.7. The number of amides is 2. The Morgan fingerprint density at radius 3 is 2.70 bits per heavy atom. The summed E-state index contributed by atoms with van der Waals surface area (Å²) >= 11 is 0. The van der Waals surface area contributed by atoms with E-state index < -0.39 is 17.5 Å². The van der Waals surface area contributed by atoms with Crippen molar-refractivity contribution in [2.75, 3.05) is 24.6 Å². The molecule has 2 aliphatic heterocycles. The summed E-state index contributed by atoms with van der Waals surface area (Å²) in [5.41, 5.74) is -0.0161. The lowest BCUT2D eigenvalue weighted by Gasteiger charge is -2.46. The summed E-state index contributed by atoms with van der Waals surface area (Å²) in [6.45, 7) is 6.06. The van der Waals surface area contributed by atoms with Crippen LogP contribution in [0.1, 0.15) is 20.8 Å². The molecule has 124 valence electrons. The Balaban J connectivity index is 1.70. The van der Waals surface area contributed by atoms with Crippen LogP contribution in [0, 0.1) is 5.82 Å². The van der Waals surface area contributed by atoms with Crippen molar-refractivity contribution in [3.63, 3.8) is 0 Å². The quantitative estimate of drug-likeness (QED) is 0.795. The first-order valence-corrected chi connectivity index (χ1v) is 7.47. The third-order valence-electron chi connectivity index (χ3n) is 3.68. The zero-order chi connectivity index (χ0) is 16.8. The fourth-order valence-electron chi connectivity index (χ4n) is 2.64. The van der Waals surface area contributed by atoms with Crippen molar-refractivity contribution >= 4 is 17.7 Å². The lowest BCUT2D eigenvalue weighted by Crippen LogP contribution is -2.64. The van der Waals surface area contributed by atoms with Crippen LogP contribution in [0.3, 0.4) is 0 Å². The summed E-state index contributed by atoms with van der Waals surface area (Å²) in [6, 6.07) is 3.93. The molecule has 7 heteroatoms. The average molecular weight is 322 g/mol. The van der Waals surface area contributed by atoms with E-state index in [1.807, 2.05) is 0 Å². The number of hydrogen-bond donors (Lipinski definition) is 0. The van der Waals surface area contributed by atoms with Crippen molar-refractivity contribution in [1.29, 1.82) is 0 Å². The van der Waals surface area contributed by atoms with Crippen LogP contribution in [-0.4, -0.2) is 48.2 Å². The van der Waals surface area contributed by atoms with E-state index in [0.29, 0.717) is 24.5 Å². The molecule has 2 amide bonds. The Bertz CT molecular complexity index is 650. The largest absolute Gasteiger partial charge is 0.481 e. The van der Waals surface area contributed by atoms with Gasteiger partial charge in [0.1, 0.15) is 17.2 Å². The fourth-order valence-corrected chi connectivity index (χ4v) is 2.64. The van der Waals surface area contributed by atoms with Crippen molar-refractivity contribution in [3.8, 4) is 5.75 Å². The number of likely N-dealkylation sites (tertiary alicyclic amines) is 1. The monoisotopic (exact) mass is 322 g/mol. The van der Waals surface area contributed by atoms with Gasteiger partial charge in [0.2, 0.25) is 0 Å². The average Bonchev–Trinajstić information content (AvgIpc) is 2.37. The molecule has 2 aliphatic rings. The highest BCUT2D eigenvalue weighted by molar-refractivity contribution is 5.98. The van der Waals surface area contributed by atoms with Gasteiger partial charge < -0.3 is 14.4 Å². The number of carbonyl (C=O) groups is 2. The van der Waals surface area contributed by atoms with Crippen LogP contribution in [0.4, 0.5) is 14.9 Å². The summed E-state index contributed by atoms with van der Waals surface area (Å²) in [5.74, 6) is -0.264. The van der Waals surface area contributed by atoms with Crippen LogP contribution in [0.2, 0.25) is 0 Å². The van der Waals surface area contributed by atoms with Crippen LogP contribution >= 0.6 is 0 Å². The van der Waals surface area contributed by atoms with Crippen LogP contribution in [0.15, 0.2) is 18.2 Å². The van der Waals surface area contributed by atoms with E-state index in [-0.39, 0.29) is 18.6 Å². The highest BCUT2D eigenvalue weighted by Crippen LogP contribution is 2.35. The fraction of sp³-hybridized carbons (Fsp3) is 0.500. The lowest BCUT2D eigenvalue weighted by molar-refractivity contribution is -0.122. The predicted molar refractivity (Wildman–Crippen MR) is 81.0 cm³/mol. The number of rotatable bonds is 1. The lowest BCUT2D eigenvalue weighted by atomic mass is 10.1. The molecule has 2 heterocycles. The zero-order valence-corrected chi connectivity index (χ0v) is 13.3. The van der Waals surface area contributed by atoms with Gasteiger partial charge in [-0.3, -0.25) is 9.69 Å². The summed E-state index contributed by atoms with van der Waals surface area (Å²) in [4.78, 5) is 27.2. The molecule has 1 saturated heterocycles. The SMILES string of the molecule is CC(C)(C)OC(=O)N1CC(N2C(=O)COc3cc(F)ccc32)C1. The minimum Gasteiger partial charge on any atom is -0.481 e. The van der Waals surface area contributed by atoms with Crippen LogP contribution in [0.25, 0.3) is 0 Å². The molecule has 0 spiro atoms. The van der Waals surface area contributed by atoms with E-state index in [2.05, 4.69) is 0 Å². The van der Waals surface area contributed by atoms with Crippen molar-refractivity contribution in [1.82, 2.24) is 4.90 Å². The third kappa shape index (κ3) is 3.09. The third-order valence-corrected chi connectivity index (χ3v) is 3.68. The number of ether oxygens (including phenoxy) is 2. The molecule has 0 bridgehead atoms. The second-order valence-electron chi connectivity index (χ2n) is 6.70.